The zero-order valence-electron chi connectivity index (χ0n) is 6.63. The minimum absolute atomic E-state index is 0.327. The van der Waals surface area contributed by atoms with Crippen LogP contribution in [0.15, 0.2) is 12.1 Å². The Morgan fingerprint density at radius 2 is 2.18 bits per heavy atom. The number of thiophene rings is 1. The highest BCUT2D eigenvalue weighted by Crippen LogP contribution is 2.24. The summed E-state index contributed by atoms with van der Waals surface area (Å²) in [6.45, 7) is 3.85. The zero-order chi connectivity index (χ0) is 8.48. The van der Waals surface area contributed by atoms with Crippen LogP contribution in [0.2, 0.25) is 0 Å². The van der Waals surface area contributed by atoms with Crippen molar-refractivity contribution in [3.8, 4) is 0 Å². The summed E-state index contributed by atoms with van der Waals surface area (Å²) < 4.78 is 0. The van der Waals surface area contributed by atoms with Crippen molar-refractivity contribution >= 4 is 17.6 Å². The van der Waals surface area contributed by atoms with Gasteiger partial charge in [0.15, 0.2) is 6.29 Å². The summed E-state index contributed by atoms with van der Waals surface area (Å²) in [6.07, 6.45) is 0.847. The summed E-state index contributed by atoms with van der Waals surface area (Å²) in [7, 11) is 0. The molecule has 0 unspecified atom stereocenters. The van der Waals surface area contributed by atoms with E-state index in [1.807, 2.05) is 19.9 Å². The van der Waals surface area contributed by atoms with Gasteiger partial charge in [-0.05, 0) is 26.0 Å². The highest BCUT2D eigenvalue weighted by molar-refractivity contribution is 7.13. The number of hydrogen-bond donors (Lipinski definition) is 1. The van der Waals surface area contributed by atoms with Gasteiger partial charge in [0.2, 0.25) is 0 Å². The maximum atomic E-state index is 10.3. The van der Waals surface area contributed by atoms with Gasteiger partial charge in [0.1, 0.15) is 0 Å². The van der Waals surface area contributed by atoms with Gasteiger partial charge in [0.05, 0.1) is 4.88 Å². The molecule has 60 valence electrons. The summed E-state index contributed by atoms with van der Waals surface area (Å²) in [5.41, 5.74) is 5.49. The van der Waals surface area contributed by atoms with E-state index in [9.17, 15) is 4.79 Å². The lowest BCUT2D eigenvalue weighted by molar-refractivity contribution is 0.112. The highest BCUT2D eigenvalue weighted by atomic mass is 32.1. The summed E-state index contributed by atoms with van der Waals surface area (Å²) in [4.78, 5) is 12.1. The number of aldehydes is 1. The molecule has 0 bridgehead atoms. The average Bonchev–Trinajstić information content (AvgIpc) is 2.32. The molecule has 1 heterocycles. The molecule has 2 N–H and O–H groups in total. The van der Waals surface area contributed by atoms with E-state index in [0.717, 1.165) is 16.0 Å². The Kier molecular flexibility index (Phi) is 2.11. The van der Waals surface area contributed by atoms with Gasteiger partial charge in [0, 0.05) is 10.4 Å². The Balaban J connectivity index is 2.98. The second kappa shape index (κ2) is 2.75. The smallest absolute Gasteiger partial charge is 0.160 e. The molecule has 0 aliphatic heterocycles. The molecule has 0 saturated heterocycles. The first kappa shape index (κ1) is 8.43. The summed E-state index contributed by atoms with van der Waals surface area (Å²) >= 11 is 1.45. The fraction of sp³-hybridized carbons (Fsp3) is 0.375. The van der Waals surface area contributed by atoms with Crippen LogP contribution in [0, 0.1) is 0 Å². The average molecular weight is 169 g/mol. The fourth-order valence-electron chi connectivity index (χ4n) is 0.762. The lowest BCUT2D eigenvalue weighted by Crippen LogP contribution is -2.27. The standard InChI is InChI=1S/C8H11NOS/c1-8(2,9)7-4-3-6(5-10)11-7/h3-5H,9H2,1-2H3. The second-order valence-corrected chi connectivity index (χ2v) is 4.16. The predicted octanol–water partition coefficient (Wildman–Crippen LogP) is 1.75. The molecule has 1 rings (SSSR count). The molecule has 0 radical (unpaired) electrons. The minimum atomic E-state index is -0.327. The third-order valence-electron chi connectivity index (χ3n) is 1.38. The van der Waals surface area contributed by atoms with E-state index >= 15 is 0 Å². The van der Waals surface area contributed by atoms with Crippen LogP contribution in [0.25, 0.3) is 0 Å². The van der Waals surface area contributed by atoms with Crippen LogP contribution >= 0.6 is 11.3 Å². The molecule has 0 fully saturated rings. The summed E-state index contributed by atoms with van der Waals surface area (Å²) in [5.74, 6) is 0. The van der Waals surface area contributed by atoms with E-state index in [-0.39, 0.29) is 5.54 Å². The van der Waals surface area contributed by atoms with E-state index in [4.69, 9.17) is 5.73 Å². The lowest BCUT2D eigenvalue weighted by Gasteiger charge is -2.15. The van der Waals surface area contributed by atoms with Crippen LogP contribution in [-0.2, 0) is 5.54 Å². The first-order chi connectivity index (χ1) is 5.04. The molecule has 1 aromatic heterocycles. The quantitative estimate of drug-likeness (QED) is 0.685. The molecule has 3 heteroatoms. The summed E-state index contributed by atoms with van der Waals surface area (Å²) in [6, 6.07) is 3.69. The first-order valence-electron chi connectivity index (χ1n) is 3.38. The van der Waals surface area contributed by atoms with Gasteiger partial charge in [-0.3, -0.25) is 4.79 Å². The molecule has 0 amide bonds. The lowest BCUT2D eigenvalue weighted by atomic mass is 10.1. The van der Waals surface area contributed by atoms with Crippen LogP contribution in [0.3, 0.4) is 0 Å². The van der Waals surface area contributed by atoms with Crippen LogP contribution in [0.4, 0.5) is 0 Å². The van der Waals surface area contributed by atoms with Crippen molar-refractivity contribution in [1.29, 1.82) is 0 Å². The third kappa shape index (κ3) is 1.88. The predicted molar refractivity (Wildman–Crippen MR) is 46.9 cm³/mol. The highest BCUT2D eigenvalue weighted by Gasteiger charge is 2.15. The number of carbonyl (C=O) groups is 1. The molecular formula is C8H11NOS. The number of rotatable bonds is 2. The largest absolute Gasteiger partial charge is 0.321 e. The van der Waals surface area contributed by atoms with Gasteiger partial charge in [-0.15, -0.1) is 11.3 Å². The molecule has 0 aliphatic carbocycles. The molecule has 0 aromatic carbocycles. The molecule has 0 spiro atoms. The van der Waals surface area contributed by atoms with Gasteiger partial charge in [0.25, 0.3) is 0 Å². The van der Waals surface area contributed by atoms with Gasteiger partial charge in [-0.25, -0.2) is 0 Å². The van der Waals surface area contributed by atoms with Crippen molar-refractivity contribution in [2.75, 3.05) is 0 Å². The summed E-state index contributed by atoms with van der Waals surface area (Å²) in [5, 5.41) is 0. The molecule has 0 aliphatic rings. The normalized spacial score (nSPS) is 11.5. The Labute approximate surface area is 70.0 Å². The first-order valence-corrected chi connectivity index (χ1v) is 4.20. The topological polar surface area (TPSA) is 43.1 Å². The van der Waals surface area contributed by atoms with E-state index in [0.29, 0.717) is 0 Å². The minimum Gasteiger partial charge on any atom is -0.321 e. The molecule has 0 atom stereocenters. The maximum Gasteiger partial charge on any atom is 0.160 e. The number of hydrogen-bond acceptors (Lipinski definition) is 3. The van der Waals surface area contributed by atoms with E-state index in [2.05, 4.69) is 0 Å². The van der Waals surface area contributed by atoms with Gasteiger partial charge in [-0.2, -0.15) is 0 Å². The van der Waals surface area contributed by atoms with Crippen LogP contribution < -0.4 is 5.73 Å². The number of carbonyl (C=O) groups excluding carboxylic acids is 1. The van der Waals surface area contributed by atoms with Crippen LogP contribution in [0.5, 0.6) is 0 Å². The van der Waals surface area contributed by atoms with E-state index in [1.54, 1.807) is 6.07 Å². The third-order valence-corrected chi connectivity index (χ3v) is 2.73. The SMILES string of the molecule is CC(C)(N)c1ccc(C=O)s1. The Morgan fingerprint density at radius 3 is 2.45 bits per heavy atom. The molecular weight excluding hydrogens is 158 g/mol. The van der Waals surface area contributed by atoms with Crippen molar-refractivity contribution in [2.24, 2.45) is 5.73 Å². The van der Waals surface area contributed by atoms with E-state index in [1.165, 1.54) is 11.3 Å². The molecule has 0 saturated carbocycles. The van der Waals surface area contributed by atoms with Crippen molar-refractivity contribution in [3.05, 3.63) is 21.9 Å². The molecule has 2 nitrogen and oxygen atoms in total. The molecule has 11 heavy (non-hydrogen) atoms. The Morgan fingerprint density at radius 1 is 1.55 bits per heavy atom. The second-order valence-electron chi connectivity index (χ2n) is 3.04. The number of nitrogens with two attached hydrogens (primary N) is 1. The Hall–Kier alpha value is -0.670. The maximum absolute atomic E-state index is 10.3. The van der Waals surface area contributed by atoms with Crippen LogP contribution in [0.1, 0.15) is 28.4 Å². The monoisotopic (exact) mass is 169 g/mol. The van der Waals surface area contributed by atoms with E-state index < -0.39 is 0 Å². The van der Waals surface area contributed by atoms with Crippen molar-refractivity contribution in [2.45, 2.75) is 19.4 Å². The van der Waals surface area contributed by atoms with Crippen molar-refractivity contribution < 1.29 is 4.79 Å². The molecule has 1 aromatic rings. The van der Waals surface area contributed by atoms with Gasteiger partial charge in [-0.1, -0.05) is 0 Å². The Bertz CT molecular complexity index is 259. The van der Waals surface area contributed by atoms with Crippen molar-refractivity contribution in [3.63, 3.8) is 0 Å². The van der Waals surface area contributed by atoms with Gasteiger partial charge >= 0.3 is 0 Å². The zero-order valence-corrected chi connectivity index (χ0v) is 7.44. The fourth-order valence-corrected chi connectivity index (χ4v) is 1.60. The van der Waals surface area contributed by atoms with Crippen molar-refractivity contribution in [1.82, 2.24) is 0 Å². The van der Waals surface area contributed by atoms with Crippen LogP contribution in [-0.4, -0.2) is 6.29 Å². The van der Waals surface area contributed by atoms with Gasteiger partial charge < -0.3 is 5.73 Å².